The fourth-order valence-corrected chi connectivity index (χ4v) is 1.77. The van der Waals surface area contributed by atoms with Crippen LogP contribution in [0.3, 0.4) is 0 Å². The molecule has 0 spiro atoms. The summed E-state index contributed by atoms with van der Waals surface area (Å²) >= 11 is 0. The summed E-state index contributed by atoms with van der Waals surface area (Å²) in [5.41, 5.74) is 0. The van der Waals surface area contributed by atoms with Gasteiger partial charge < -0.3 is 34.7 Å². The van der Waals surface area contributed by atoms with Gasteiger partial charge in [-0.3, -0.25) is 0 Å². The highest BCUT2D eigenvalue weighted by Crippen LogP contribution is 2.01. The molecule has 0 aliphatic heterocycles. The second kappa shape index (κ2) is 8.95. The second-order valence-electron chi connectivity index (χ2n) is 4.11. The minimum Gasteiger partial charge on any atom is -0.392 e. The summed E-state index contributed by atoms with van der Waals surface area (Å²) in [5, 5.41) is 21.2. The van der Waals surface area contributed by atoms with Crippen molar-refractivity contribution in [1.29, 1.82) is 0 Å². The molecule has 8 heteroatoms. The quantitative estimate of drug-likeness (QED) is 0.194. The third kappa shape index (κ3) is 13.9. The lowest BCUT2D eigenvalue weighted by Gasteiger charge is -2.13. The molecule has 6 N–H and O–H groups in total. The van der Waals surface area contributed by atoms with Gasteiger partial charge in [0.1, 0.15) is 0 Å². The fraction of sp³-hybridized carbons (Fsp3) is 1.00. The van der Waals surface area contributed by atoms with Gasteiger partial charge in [-0.1, -0.05) is 0 Å². The Kier molecular flexibility index (Phi) is 8.91. The lowest BCUT2D eigenvalue weighted by atomic mass is 10.3. The number of ether oxygens (including phenoxy) is 1. The molecule has 0 radical (unpaired) electrons. The number of rotatable bonds is 10. The molecule has 2 atom stereocenters. The van der Waals surface area contributed by atoms with Crippen LogP contribution in [0, 0.1) is 0 Å². The van der Waals surface area contributed by atoms with Crippen LogP contribution in [0.2, 0.25) is 6.04 Å². The Bertz CT molecular complexity index is 187. The molecule has 0 heterocycles. The molecule has 0 fully saturated rings. The Labute approximate surface area is 102 Å². The van der Waals surface area contributed by atoms with Crippen LogP contribution in [0.25, 0.3) is 0 Å². The van der Waals surface area contributed by atoms with E-state index in [-0.39, 0.29) is 19.3 Å². The molecule has 7 nitrogen and oxygen atoms in total. The van der Waals surface area contributed by atoms with E-state index < -0.39 is 21.0 Å². The van der Waals surface area contributed by atoms with Crippen molar-refractivity contribution in [1.82, 2.24) is 5.32 Å². The van der Waals surface area contributed by atoms with Crippen molar-refractivity contribution in [3.8, 4) is 0 Å². The third-order valence-corrected chi connectivity index (χ3v) is 2.96. The van der Waals surface area contributed by atoms with Gasteiger partial charge in [-0.15, -0.1) is 0 Å². The SMILES string of the molecule is CC(O)CNCC(O)COCCC[Si](O)(O)O. The molecule has 0 aliphatic rings. The first-order valence-corrected chi connectivity index (χ1v) is 7.68. The molecular formula is C9H23NO6Si. The van der Waals surface area contributed by atoms with Gasteiger partial charge in [0.15, 0.2) is 0 Å². The van der Waals surface area contributed by atoms with Gasteiger partial charge in [0.05, 0.1) is 18.8 Å². The van der Waals surface area contributed by atoms with E-state index in [4.69, 9.17) is 24.2 Å². The molecule has 0 aromatic carbocycles. The van der Waals surface area contributed by atoms with Gasteiger partial charge in [0.25, 0.3) is 0 Å². The van der Waals surface area contributed by atoms with Gasteiger partial charge in [-0.05, 0) is 13.3 Å². The molecule has 0 aromatic rings. The molecule has 2 unspecified atom stereocenters. The maximum Gasteiger partial charge on any atom is 0.492 e. The summed E-state index contributed by atoms with van der Waals surface area (Å²) in [7, 11) is -3.95. The minimum absolute atomic E-state index is 0.0661. The van der Waals surface area contributed by atoms with E-state index in [0.29, 0.717) is 19.5 Å². The largest absolute Gasteiger partial charge is 0.492 e. The fourth-order valence-electron chi connectivity index (χ4n) is 1.15. The summed E-state index contributed by atoms with van der Waals surface area (Å²) < 4.78 is 5.08. The Morgan fingerprint density at radius 1 is 1.18 bits per heavy atom. The average molecular weight is 269 g/mol. The molecule has 104 valence electrons. The molecule has 0 bridgehead atoms. The van der Waals surface area contributed by atoms with E-state index in [1.54, 1.807) is 6.92 Å². The normalized spacial score (nSPS) is 15.9. The first-order chi connectivity index (χ1) is 7.81. The monoisotopic (exact) mass is 269 g/mol. The van der Waals surface area contributed by atoms with Crippen molar-refractivity contribution in [3.05, 3.63) is 0 Å². The van der Waals surface area contributed by atoms with Gasteiger partial charge >= 0.3 is 8.80 Å². The van der Waals surface area contributed by atoms with Crippen LogP contribution < -0.4 is 5.32 Å². The molecule has 17 heavy (non-hydrogen) atoms. The zero-order valence-corrected chi connectivity index (χ0v) is 11.0. The van der Waals surface area contributed by atoms with Crippen LogP contribution in [0.1, 0.15) is 13.3 Å². The number of hydrogen-bond acceptors (Lipinski definition) is 7. The van der Waals surface area contributed by atoms with Crippen molar-refractivity contribution in [3.63, 3.8) is 0 Å². The van der Waals surface area contributed by atoms with Crippen molar-refractivity contribution < 1.29 is 29.3 Å². The van der Waals surface area contributed by atoms with E-state index in [9.17, 15) is 5.11 Å². The van der Waals surface area contributed by atoms with Gasteiger partial charge in [0.2, 0.25) is 0 Å². The van der Waals surface area contributed by atoms with Crippen LogP contribution in [0.15, 0.2) is 0 Å². The van der Waals surface area contributed by atoms with Crippen LogP contribution in [0.5, 0.6) is 0 Å². The Balaban J connectivity index is 3.30. The zero-order valence-electron chi connectivity index (χ0n) is 10.0. The first-order valence-electron chi connectivity index (χ1n) is 5.63. The number of aliphatic hydroxyl groups excluding tert-OH is 2. The molecule has 0 saturated carbocycles. The predicted octanol–water partition coefficient (Wildman–Crippen LogP) is -2.36. The molecule has 0 aromatic heterocycles. The first kappa shape index (κ1) is 16.9. The number of aliphatic hydroxyl groups is 2. The molecule has 0 amide bonds. The summed E-state index contributed by atoms with van der Waals surface area (Å²) in [4.78, 5) is 26.1. The third-order valence-electron chi connectivity index (χ3n) is 1.93. The summed E-state index contributed by atoms with van der Waals surface area (Å²) in [6.45, 7) is 2.76. The zero-order chi connectivity index (χ0) is 13.3. The van der Waals surface area contributed by atoms with Crippen molar-refractivity contribution in [2.45, 2.75) is 31.6 Å². The molecule has 0 aliphatic carbocycles. The Morgan fingerprint density at radius 2 is 1.82 bits per heavy atom. The summed E-state index contributed by atoms with van der Waals surface area (Å²) in [6.07, 6.45) is -0.795. The highest BCUT2D eigenvalue weighted by Gasteiger charge is 2.25. The highest BCUT2D eigenvalue weighted by molar-refractivity contribution is 6.56. The van der Waals surface area contributed by atoms with E-state index in [1.165, 1.54) is 0 Å². The second-order valence-corrected chi connectivity index (χ2v) is 6.16. The van der Waals surface area contributed by atoms with Crippen molar-refractivity contribution >= 4 is 8.80 Å². The molecule has 0 rings (SSSR count). The number of nitrogens with one attached hydrogen (secondary N) is 1. The lowest BCUT2D eigenvalue weighted by molar-refractivity contribution is 0.0349. The van der Waals surface area contributed by atoms with Crippen LogP contribution >= 0.6 is 0 Å². The van der Waals surface area contributed by atoms with Crippen LogP contribution in [0.4, 0.5) is 0 Å². The number of hydrogen-bond donors (Lipinski definition) is 6. The topological polar surface area (TPSA) is 122 Å². The van der Waals surface area contributed by atoms with Crippen LogP contribution in [-0.2, 0) is 4.74 Å². The van der Waals surface area contributed by atoms with Crippen molar-refractivity contribution in [2.75, 3.05) is 26.3 Å². The van der Waals surface area contributed by atoms with Gasteiger partial charge in [-0.25, -0.2) is 0 Å². The van der Waals surface area contributed by atoms with Crippen LogP contribution in [-0.4, -0.2) is 71.9 Å². The summed E-state index contributed by atoms with van der Waals surface area (Å²) in [5.74, 6) is 0. The van der Waals surface area contributed by atoms with E-state index >= 15 is 0 Å². The molecular weight excluding hydrogens is 246 g/mol. The minimum atomic E-state index is -3.95. The van der Waals surface area contributed by atoms with Gasteiger partial charge in [-0.2, -0.15) is 0 Å². The smallest absolute Gasteiger partial charge is 0.392 e. The summed E-state index contributed by atoms with van der Waals surface area (Å²) in [6, 6.07) is -0.0661. The average Bonchev–Trinajstić information content (AvgIpc) is 2.14. The van der Waals surface area contributed by atoms with Crippen molar-refractivity contribution in [2.24, 2.45) is 0 Å². The predicted molar refractivity (Wildman–Crippen MR) is 63.2 cm³/mol. The van der Waals surface area contributed by atoms with Gasteiger partial charge in [0, 0.05) is 25.7 Å². The Hall–Kier alpha value is -0.0631. The molecule has 0 saturated heterocycles. The maximum atomic E-state index is 9.41. The Morgan fingerprint density at radius 3 is 2.35 bits per heavy atom. The standard InChI is InChI=1S/C9H23NO6Si/c1-8(11)5-10-6-9(12)7-16-3-2-4-17(13,14)15/h8-15H,2-7H2,1H3. The lowest BCUT2D eigenvalue weighted by Crippen LogP contribution is -2.35. The highest BCUT2D eigenvalue weighted by atomic mass is 28.4. The van der Waals surface area contributed by atoms with E-state index in [0.717, 1.165) is 0 Å². The maximum absolute atomic E-state index is 9.41. The van der Waals surface area contributed by atoms with E-state index in [1.807, 2.05) is 0 Å². The van der Waals surface area contributed by atoms with E-state index in [2.05, 4.69) is 5.32 Å².